The van der Waals surface area contributed by atoms with Gasteiger partial charge in [-0.15, -0.1) is 10.2 Å². The Balaban J connectivity index is 1.56. The van der Waals surface area contributed by atoms with Crippen LogP contribution in [0.5, 0.6) is 5.88 Å². The van der Waals surface area contributed by atoms with E-state index in [4.69, 9.17) is 17.4 Å². The van der Waals surface area contributed by atoms with Crippen LogP contribution in [0.2, 0.25) is 0 Å². The molecule has 0 atom stereocenters. The van der Waals surface area contributed by atoms with Gasteiger partial charge in [-0.3, -0.25) is 0 Å². The molecule has 8 nitrogen and oxygen atoms in total. The van der Waals surface area contributed by atoms with E-state index in [9.17, 15) is 13.5 Å². The van der Waals surface area contributed by atoms with Crippen molar-refractivity contribution < 1.29 is 13.5 Å². The molecule has 5 rings (SSSR count). The Morgan fingerprint density at radius 2 is 1.71 bits per heavy atom. The van der Waals surface area contributed by atoms with E-state index in [0.29, 0.717) is 11.9 Å². The number of azo groups is 1. The number of nitrogens with two attached hydrogens (primary N) is 1. The van der Waals surface area contributed by atoms with E-state index in [1.54, 1.807) is 16.7 Å². The van der Waals surface area contributed by atoms with E-state index >= 15 is 0 Å². The van der Waals surface area contributed by atoms with Gasteiger partial charge in [0.2, 0.25) is 21.0 Å². The predicted octanol–water partition coefficient (Wildman–Crippen LogP) is 7.20. The number of fused-ring (bicyclic) bond motifs is 2. The van der Waals surface area contributed by atoms with Gasteiger partial charge >= 0.3 is 0 Å². The van der Waals surface area contributed by atoms with Crippen LogP contribution in [-0.4, -0.2) is 23.2 Å². The number of nitrogens with one attached hydrogen (secondary N) is 1. The van der Waals surface area contributed by atoms with Crippen LogP contribution in [0.4, 0.5) is 11.4 Å². The van der Waals surface area contributed by atoms with Gasteiger partial charge in [-0.2, -0.15) is 0 Å². The molecule has 38 heavy (non-hydrogen) atoms. The molecular weight excluding hydrogens is 654 g/mol. The second-order valence-corrected chi connectivity index (χ2v) is 12.0. The van der Waals surface area contributed by atoms with Crippen molar-refractivity contribution in [3.05, 3.63) is 93.4 Å². The molecule has 4 aromatic carbocycles. The monoisotopic (exact) mass is 671 g/mol. The van der Waals surface area contributed by atoms with Gasteiger partial charge in [-0.05, 0) is 68.7 Å². The molecule has 0 unspecified atom stereocenters. The zero-order valence-corrected chi connectivity index (χ0v) is 24.3. The number of anilines is 1. The number of nitrogens with zero attached hydrogens (tertiary/aromatic N) is 3. The summed E-state index contributed by atoms with van der Waals surface area (Å²) >= 11 is 12.4. The molecule has 0 aliphatic rings. The third-order valence-electron chi connectivity index (χ3n) is 5.91. The number of thiocarbonyl (C=S) groups is 1. The molecule has 1 heterocycles. The second-order valence-electron chi connectivity index (χ2n) is 8.35. The molecule has 0 radical (unpaired) electrons. The first-order valence-electron chi connectivity index (χ1n) is 11.1. The van der Waals surface area contributed by atoms with Crippen LogP contribution in [-0.2, 0) is 16.6 Å². The summed E-state index contributed by atoms with van der Waals surface area (Å²) in [6.45, 7) is 0.379. The first-order chi connectivity index (χ1) is 18.1. The molecular formula is C26H19Br2N5O3S2. The van der Waals surface area contributed by atoms with Crippen LogP contribution >= 0.6 is 44.1 Å². The topological polar surface area (TPSA) is 122 Å². The lowest BCUT2D eigenvalue weighted by Crippen LogP contribution is -2.16. The maximum Gasteiger partial charge on any atom is 0.240 e. The molecule has 1 aromatic heterocycles. The third kappa shape index (κ3) is 5.22. The highest BCUT2D eigenvalue weighted by Crippen LogP contribution is 2.44. The van der Waals surface area contributed by atoms with Gasteiger partial charge in [0.25, 0.3) is 0 Å². The number of aromatic hydroxyl groups is 1. The Hall–Kier alpha value is -3.16. The largest absolute Gasteiger partial charge is 0.493 e. The quantitative estimate of drug-likeness (QED) is 0.135. The zero-order chi connectivity index (χ0) is 27.0. The zero-order valence-electron chi connectivity index (χ0n) is 19.5. The first kappa shape index (κ1) is 26.4. The van der Waals surface area contributed by atoms with Crippen molar-refractivity contribution in [3.8, 4) is 5.88 Å². The summed E-state index contributed by atoms with van der Waals surface area (Å²) in [6.07, 6.45) is 0. The minimum Gasteiger partial charge on any atom is -0.493 e. The summed E-state index contributed by atoms with van der Waals surface area (Å²) in [5, 5.41) is 30.4. The van der Waals surface area contributed by atoms with Crippen LogP contribution in [0.15, 0.2) is 103 Å². The summed E-state index contributed by atoms with van der Waals surface area (Å²) in [7, 11) is -3.98. The van der Waals surface area contributed by atoms with Crippen molar-refractivity contribution in [2.24, 2.45) is 15.4 Å². The summed E-state index contributed by atoms with van der Waals surface area (Å²) in [5.74, 6) is -0.0942. The number of hydrogen-bond acceptors (Lipinski definition) is 5. The van der Waals surface area contributed by atoms with Gasteiger partial charge in [-0.1, -0.05) is 70.5 Å². The number of benzene rings is 4. The van der Waals surface area contributed by atoms with E-state index in [2.05, 4.69) is 47.4 Å². The molecule has 0 saturated heterocycles. The highest BCUT2D eigenvalue weighted by atomic mass is 79.9. The highest BCUT2D eigenvalue weighted by Gasteiger charge is 2.21. The van der Waals surface area contributed by atoms with E-state index in [-0.39, 0.29) is 27.3 Å². The highest BCUT2D eigenvalue weighted by molar-refractivity contribution is 9.11. The van der Waals surface area contributed by atoms with Crippen molar-refractivity contribution in [1.82, 2.24) is 4.57 Å². The summed E-state index contributed by atoms with van der Waals surface area (Å²) < 4.78 is 27.1. The van der Waals surface area contributed by atoms with E-state index in [0.717, 1.165) is 30.8 Å². The lowest BCUT2D eigenvalue weighted by molar-refractivity contribution is 0.430. The summed E-state index contributed by atoms with van der Waals surface area (Å²) in [4.78, 5) is -0.125. The molecule has 192 valence electrons. The SMILES string of the molecule is NS(=O)(=O)c1ccccc1NC(=S)N=Nc1c(O)n(Cc2cccc3ccccc23)c2c(Br)cc(Br)cc12. The van der Waals surface area contributed by atoms with Crippen LogP contribution in [0, 0.1) is 0 Å². The fraction of sp³-hybridized carbons (Fsp3) is 0.0385. The van der Waals surface area contributed by atoms with Gasteiger partial charge in [-0.25, -0.2) is 13.6 Å². The smallest absolute Gasteiger partial charge is 0.240 e. The maximum absolute atomic E-state index is 11.9. The fourth-order valence-corrected chi connectivity index (χ4v) is 6.57. The van der Waals surface area contributed by atoms with Gasteiger partial charge in [0.05, 0.1) is 17.7 Å². The average Bonchev–Trinajstić information content (AvgIpc) is 3.13. The standard InChI is InChI=1S/C26H19Br2N5O3S2/c27-17-12-19-23(31-32-26(37)30-21-10-3-4-11-22(21)38(29,35)36)25(34)33(24(19)20(28)13-17)14-16-8-5-7-15-6-1-2-9-18(15)16/h1-13,34H,14H2,(H,30,37)(H2,29,35,36). The minimum atomic E-state index is -3.98. The second kappa shape index (κ2) is 10.5. The van der Waals surface area contributed by atoms with Crippen LogP contribution in [0.25, 0.3) is 21.7 Å². The van der Waals surface area contributed by atoms with Gasteiger partial charge < -0.3 is 15.0 Å². The Labute approximate surface area is 240 Å². The number of para-hydroxylation sites is 1. The maximum atomic E-state index is 11.9. The van der Waals surface area contributed by atoms with E-state index < -0.39 is 10.0 Å². The molecule has 12 heteroatoms. The van der Waals surface area contributed by atoms with Crippen LogP contribution in [0.3, 0.4) is 0 Å². The van der Waals surface area contributed by atoms with Crippen molar-refractivity contribution in [1.29, 1.82) is 0 Å². The molecule has 0 spiro atoms. The minimum absolute atomic E-state index is 0.0942. The van der Waals surface area contributed by atoms with Crippen molar-refractivity contribution in [2.45, 2.75) is 11.4 Å². The summed E-state index contributed by atoms with van der Waals surface area (Å²) in [6, 6.07) is 23.9. The first-order valence-corrected chi connectivity index (χ1v) is 14.7. The van der Waals surface area contributed by atoms with E-state index in [1.807, 2.05) is 54.6 Å². The normalized spacial score (nSPS) is 12.0. The fourth-order valence-electron chi connectivity index (χ4n) is 4.28. The number of sulfonamides is 1. The predicted molar refractivity (Wildman–Crippen MR) is 161 cm³/mol. The Bertz CT molecular complexity index is 1870. The molecule has 5 aromatic rings. The van der Waals surface area contributed by atoms with Crippen LogP contribution < -0.4 is 10.5 Å². The number of primary sulfonamides is 1. The molecule has 0 bridgehead atoms. The molecule has 4 N–H and O–H groups in total. The third-order valence-corrected chi connectivity index (χ3v) is 8.12. The van der Waals surface area contributed by atoms with Gasteiger partial charge in [0.15, 0.2) is 5.69 Å². The number of aromatic nitrogens is 1. The van der Waals surface area contributed by atoms with Gasteiger partial charge in [0, 0.05) is 14.3 Å². The summed E-state index contributed by atoms with van der Waals surface area (Å²) in [5.41, 5.74) is 2.13. The van der Waals surface area contributed by atoms with Gasteiger partial charge in [0.1, 0.15) is 4.90 Å². The Morgan fingerprint density at radius 1 is 1.00 bits per heavy atom. The van der Waals surface area contributed by atoms with Crippen molar-refractivity contribution >= 4 is 92.3 Å². The Kier molecular flexibility index (Phi) is 7.34. The Morgan fingerprint density at radius 3 is 2.50 bits per heavy atom. The molecule has 0 aliphatic heterocycles. The number of halogens is 2. The van der Waals surface area contributed by atoms with E-state index in [1.165, 1.54) is 12.1 Å². The average molecular weight is 673 g/mol. The number of rotatable bonds is 5. The van der Waals surface area contributed by atoms with Crippen LogP contribution in [0.1, 0.15) is 5.56 Å². The molecule has 0 saturated carbocycles. The van der Waals surface area contributed by atoms with Crippen molar-refractivity contribution in [3.63, 3.8) is 0 Å². The lowest BCUT2D eigenvalue weighted by atomic mass is 10.0. The molecule has 0 fully saturated rings. The molecule has 0 amide bonds. The lowest BCUT2D eigenvalue weighted by Gasteiger charge is -2.11. The number of hydrogen-bond donors (Lipinski definition) is 3. The van der Waals surface area contributed by atoms with Crippen molar-refractivity contribution in [2.75, 3.05) is 5.32 Å². The molecule has 0 aliphatic carbocycles.